The van der Waals surface area contributed by atoms with Crippen LogP contribution in [0.25, 0.3) is 0 Å². The summed E-state index contributed by atoms with van der Waals surface area (Å²) in [6.07, 6.45) is 6.78. The Hall–Kier alpha value is -0.940. The van der Waals surface area contributed by atoms with Crippen molar-refractivity contribution in [2.75, 3.05) is 11.5 Å². The zero-order chi connectivity index (χ0) is 13.4. The molecule has 1 rings (SSSR count). The third-order valence-corrected chi connectivity index (χ3v) is 4.79. The van der Waals surface area contributed by atoms with Crippen LogP contribution in [0, 0.1) is 0 Å². The molecule has 0 saturated carbocycles. The van der Waals surface area contributed by atoms with Crippen molar-refractivity contribution in [1.82, 2.24) is 4.98 Å². The number of sulfone groups is 1. The van der Waals surface area contributed by atoms with E-state index in [9.17, 15) is 8.42 Å². The normalized spacial score (nSPS) is 13.4. The summed E-state index contributed by atoms with van der Waals surface area (Å²) in [5.41, 5.74) is 7.15. The van der Waals surface area contributed by atoms with Gasteiger partial charge in [-0.25, -0.2) is 8.42 Å². The van der Waals surface area contributed by atoms with Crippen LogP contribution in [0.15, 0.2) is 24.5 Å². The first-order chi connectivity index (χ1) is 8.53. The summed E-state index contributed by atoms with van der Waals surface area (Å²) in [5.74, 6) is 0.474. The van der Waals surface area contributed by atoms with Crippen molar-refractivity contribution < 1.29 is 8.42 Å². The molecule has 0 bridgehead atoms. The van der Waals surface area contributed by atoms with Gasteiger partial charge in [0.2, 0.25) is 0 Å². The minimum atomic E-state index is -2.85. The Kier molecular flexibility index (Phi) is 6.29. The largest absolute Gasteiger partial charge is 0.328 e. The molecule has 2 N–H and O–H groups in total. The van der Waals surface area contributed by atoms with Gasteiger partial charge in [0.15, 0.2) is 0 Å². The van der Waals surface area contributed by atoms with Gasteiger partial charge in [-0.3, -0.25) is 4.98 Å². The second-order valence-corrected chi connectivity index (χ2v) is 7.01. The number of pyridine rings is 1. The molecule has 0 aliphatic heterocycles. The van der Waals surface area contributed by atoms with E-state index in [2.05, 4.69) is 4.98 Å². The van der Waals surface area contributed by atoms with Gasteiger partial charge >= 0.3 is 0 Å². The Labute approximate surface area is 110 Å². The Morgan fingerprint density at radius 1 is 1.39 bits per heavy atom. The molecule has 1 atom stereocenters. The van der Waals surface area contributed by atoms with Crippen molar-refractivity contribution in [1.29, 1.82) is 0 Å². The summed E-state index contributed by atoms with van der Waals surface area (Å²) in [6, 6.07) is 4.01. The van der Waals surface area contributed by atoms with E-state index in [1.807, 2.05) is 18.3 Å². The highest BCUT2D eigenvalue weighted by molar-refractivity contribution is 7.91. The molecule has 0 aliphatic carbocycles. The van der Waals surface area contributed by atoms with E-state index < -0.39 is 9.84 Å². The average Bonchev–Trinajstić information content (AvgIpc) is 2.37. The quantitative estimate of drug-likeness (QED) is 0.778. The summed E-state index contributed by atoms with van der Waals surface area (Å²) in [6.45, 7) is 1.68. The highest BCUT2D eigenvalue weighted by Crippen LogP contribution is 2.07. The average molecular weight is 270 g/mol. The fourth-order valence-electron chi connectivity index (χ4n) is 1.75. The minimum absolute atomic E-state index is 0.0669. The first-order valence-electron chi connectivity index (χ1n) is 6.38. The van der Waals surface area contributed by atoms with Gasteiger partial charge in [-0.05, 0) is 37.3 Å². The summed E-state index contributed by atoms with van der Waals surface area (Å²) in [5, 5.41) is 0. The second-order valence-electron chi connectivity index (χ2n) is 4.54. The van der Waals surface area contributed by atoms with Gasteiger partial charge in [-0.2, -0.15) is 0 Å². The van der Waals surface area contributed by atoms with Crippen molar-refractivity contribution >= 4 is 9.84 Å². The molecule has 0 aliphatic rings. The predicted octanol–water partition coefficient (Wildman–Crippen LogP) is 1.56. The van der Waals surface area contributed by atoms with Crippen LogP contribution in [0.3, 0.4) is 0 Å². The molecule has 1 heterocycles. The van der Waals surface area contributed by atoms with Gasteiger partial charge in [-0.1, -0.05) is 13.0 Å². The van der Waals surface area contributed by atoms with Crippen LogP contribution in [0.1, 0.15) is 31.7 Å². The van der Waals surface area contributed by atoms with Gasteiger partial charge < -0.3 is 5.73 Å². The summed E-state index contributed by atoms with van der Waals surface area (Å²) < 4.78 is 22.6. The third kappa shape index (κ3) is 6.12. The molecule has 102 valence electrons. The van der Waals surface area contributed by atoms with E-state index >= 15 is 0 Å². The van der Waals surface area contributed by atoms with Gasteiger partial charge in [0.1, 0.15) is 9.84 Å². The number of nitrogens with two attached hydrogens (primary N) is 1. The predicted molar refractivity (Wildman–Crippen MR) is 74.1 cm³/mol. The number of hydrogen-bond acceptors (Lipinski definition) is 4. The first-order valence-corrected chi connectivity index (χ1v) is 8.20. The van der Waals surface area contributed by atoms with Crippen molar-refractivity contribution in [3.05, 3.63) is 30.1 Å². The molecule has 4 nitrogen and oxygen atoms in total. The summed E-state index contributed by atoms with van der Waals surface area (Å²) in [7, 11) is -2.85. The molecule has 0 aromatic carbocycles. The number of hydrogen-bond donors (Lipinski definition) is 1. The van der Waals surface area contributed by atoms with Crippen LogP contribution >= 0.6 is 0 Å². The molecule has 0 saturated heterocycles. The van der Waals surface area contributed by atoms with Gasteiger partial charge in [0.05, 0.1) is 5.75 Å². The Morgan fingerprint density at radius 3 is 2.78 bits per heavy atom. The van der Waals surface area contributed by atoms with Gasteiger partial charge in [0, 0.05) is 24.2 Å². The number of rotatable bonds is 8. The molecule has 0 amide bonds. The first kappa shape index (κ1) is 15.1. The topological polar surface area (TPSA) is 73.0 Å². The Morgan fingerprint density at radius 2 is 2.17 bits per heavy atom. The maximum atomic E-state index is 11.3. The second kappa shape index (κ2) is 7.48. The van der Waals surface area contributed by atoms with Crippen LogP contribution in [0.5, 0.6) is 0 Å². The maximum absolute atomic E-state index is 11.3. The van der Waals surface area contributed by atoms with E-state index in [-0.39, 0.29) is 17.5 Å². The van der Waals surface area contributed by atoms with E-state index in [1.165, 1.54) is 5.56 Å². The van der Waals surface area contributed by atoms with Gasteiger partial charge in [0.25, 0.3) is 0 Å². The number of aromatic nitrogens is 1. The Balaban J connectivity index is 2.20. The van der Waals surface area contributed by atoms with E-state index in [1.54, 1.807) is 13.1 Å². The molecule has 0 spiro atoms. The van der Waals surface area contributed by atoms with Crippen LogP contribution in [0.2, 0.25) is 0 Å². The van der Waals surface area contributed by atoms with Crippen molar-refractivity contribution in [3.63, 3.8) is 0 Å². The third-order valence-electron chi connectivity index (χ3n) is 3.00. The standard InChI is InChI=1S/C13H22N2O2S/c1-2-18(16,17)10-4-6-13(14)8-7-12-5-3-9-15-11-12/h3,5,9,11,13H,2,4,6-8,10,14H2,1H3. The molecule has 1 aromatic heterocycles. The lowest BCUT2D eigenvalue weighted by Gasteiger charge is -2.11. The van der Waals surface area contributed by atoms with Crippen molar-refractivity contribution in [2.24, 2.45) is 5.73 Å². The summed E-state index contributed by atoms with van der Waals surface area (Å²) in [4.78, 5) is 4.05. The molecule has 0 fully saturated rings. The molecular formula is C13H22N2O2S. The van der Waals surface area contributed by atoms with Crippen molar-refractivity contribution in [3.8, 4) is 0 Å². The number of aryl methyl sites for hydroxylation is 1. The maximum Gasteiger partial charge on any atom is 0.150 e. The van der Waals surface area contributed by atoms with E-state index in [0.717, 1.165) is 19.3 Å². The zero-order valence-corrected chi connectivity index (χ0v) is 11.7. The molecule has 18 heavy (non-hydrogen) atoms. The lowest BCUT2D eigenvalue weighted by molar-refractivity contribution is 0.551. The van der Waals surface area contributed by atoms with Crippen molar-refractivity contribution in [2.45, 2.75) is 38.6 Å². The molecule has 1 aromatic rings. The Bertz CT molecular complexity index is 432. The number of nitrogens with zero attached hydrogens (tertiary/aromatic N) is 1. The fourth-order valence-corrected chi connectivity index (χ4v) is 2.65. The van der Waals surface area contributed by atoms with Crippen LogP contribution < -0.4 is 5.73 Å². The molecule has 5 heteroatoms. The summed E-state index contributed by atoms with van der Waals surface area (Å²) >= 11 is 0. The molecule has 0 radical (unpaired) electrons. The van der Waals surface area contributed by atoms with Crippen LogP contribution in [-0.2, 0) is 16.3 Å². The monoisotopic (exact) mass is 270 g/mol. The van der Waals surface area contributed by atoms with Crippen LogP contribution in [-0.4, -0.2) is 30.9 Å². The smallest absolute Gasteiger partial charge is 0.150 e. The molecule has 1 unspecified atom stereocenters. The highest BCUT2D eigenvalue weighted by atomic mass is 32.2. The zero-order valence-electron chi connectivity index (χ0n) is 10.9. The lowest BCUT2D eigenvalue weighted by Crippen LogP contribution is -2.22. The SMILES string of the molecule is CCS(=O)(=O)CCCC(N)CCc1cccnc1. The lowest BCUT2D eigenvalue weighted by atomic mass is 10.0. The van der Waals surface area contributed by atoms with Gasteiger partial charge in [-0.15, -0.1) is 0 Å². The van der Waals surface area contributed by atoms with Crippen LogP contribution in [0.4, 0.5) is 0 Å². The van der Waals surface area contributed by atoms with E-state index in [4.69, 9.17) is 5.73 Å². The molecular weight excluding hydrogens is 248 g/mol. The highest BCUT2D eigenvalue weighted by Gasteiger charge is 2.09. The minimum Gasteiger partial charge on any atom is -0.328 e. The van der Waals surface area contributed by atoms with E-state index in [0.29, 0.717) is 6.42 Å². The fraction of sp³-hybridized carbons (Fsp3) is 0.615.